The Morgan fingerprint density at radius 2 is 2.22 bits per heavy atom. The van der Waals surface area contributed by atoms with E-state index in [1.165, 1.54) is 11.3 Å². The molecule has 0 radical (unpaired) electrons. The second-order valence-corrected chi connectivity index (χ2v) is 7.27. The van der Waals surface area contributed by atoms with Crippen LogP contribution < -0.4 is 10.6 Å². The maximum Gasteiger partial charge on any atom is 0.220 e. The van der Waals surface area contributed by atoms with Gasteiger partial charge in [-0.25, -0.2) is 0 Å². The zero-order valence-corrected chi connectivity index (χ0v) is 15.0. The molecule has 0 bridgehead atoms. The summed E-state index contributed by atoms with van der Waals surface area (Å²) in [4.78, 5) is 13.3. The molecule has 5 heteroatoms. The van der Waals surface area contributed by atoms with Crippen LogP contribution in [0.25, 0.3) is 0 Å². The van der Waals surface area contributed by atoms with Crippen LogP contribution in [-0.4, -0.2) is 38.5 Å². The fraction of sp³-hybridized carbons (Fsp3) is 0.611. The van der Waals surface area contributed by atoms with E-state index in [0.717, 1.165) is 37.4 Å². The normalized spacial score (nSPS) is 18.8. The molecular weight excluding hydrogens is 308 g/mol. The summed E-state index contributed by atoms with van der Waals surface area (Å²) in [5.41, 5.74) is 1.15. The molecule has 0 saturated carbocycles. The molecule has 4 nitrogen and oxygen atoms in total. The van der Waals surface area contributed by atoms with Crippen molar-refractivity contribution in [3.63, 3.8) is 0 Å². The van der Waals surface area contributed by atoms with E-state index in [1.807, 2.05) is 6.92 Å². The van der Waals surface area contributed by atoms with Crippen LogP contribution in [0.15, 0.2) is 29.2 Å². The van der Waals surface area contributed by atoms with Crippen molar-refractivity contribution in [2.24, 2.45) is 5.92 Å². The molecule has 1 heterocycles. The minimum Gasteiger partial charge on any atom is -0.384 e. The molecule has 1 aliphatic rings. The van der Waals surface area contributed by atoms with Gasteiger partial charge in [-0.1, -0.05) is 12.1 Å². The van der Waals surface area contributed by atoms with Crippen molar-refractivity contribution in [3.05, 3.63) is 29.8 Å². The molecule has 2 rings (SSSR count). The summed E-state index contributed by atoms with van der Waals surface area (Å²) in [6.45, 7) is 4.96. The number of thioether (sulfide) groups is 1. The monoisotopic (exact) mass is 336 g/mol. The number of carbonyl (C=O) groups is 1. The van der Waals surface area contributed by atoms with Crippen LogP contribution in [0.2, 0.25) is 0 Å². The van der Waals surface area contributed by atoms with E-state index in [1.54, 1.807) is 18.9 Å². The summed E-state index contributed by atoms with van der Waals surface area (Å²) in [5, 5.41) is 6.45. The number of ether oxygens (including phenoxy) is 1. The fourth-order valence-electron chi connectivity index (χ4n) is 2.79. The lowest BCUT2D eigenvalue weighted by Crippen LogP contribution is -2.27. The van der Waals surface area contributed by atoms with E-state index < -0.39 is 0 Å². The highest BCUT2D eigenvalue weighted by Crippen LogP contribution is 2.21. The molecule has 1 aliphatic heterocycles. The van der Waals surface area contributed by atoms with Crippen molar-refractivity contribution >= 4 is 17.7 Å². The van der Waals surface area contributed by atoms with Gasteiger partial charge in [0.2, 0.25) is 5.91 Å². The highest BCUT2D eigenvalue weighted by molar-refractivity contribution is 7.99. The maximum atomic E-state index is 12.1. The third-order valence-electron chi connectivity index (χ3n) is 4.26. The third-order valence-corrected chi connectivity index (χ3v) is 5.23. The summed E-state index contributed by atoms with van der Waals surface area (Å²) in [5.74, 6) is 1.78. The van der Waals surface area contributed by atoms with Crippen LogP contribution in [-0.2, 0) is 9.53 Å². The lowest BCUT2D eigenvalue weighted by molar-refractivity contribution is -0.122. The largest absolute Gasteiger partial charge is 0.384 e. The Kier molecular flexibility index (Phi) is 7.92. The molecule has 23 heavy (non-hydrogen) atoms. The van der Waals surface area contributed by atoms with Gasteiger partial charge in [0.25, 0.3) is 0 Å². The molecule has 2 unspecified atom stereocenters. The van der Waals surface area contributed by atoms with Crippen LogP contribution in [0.5, 0.6) is 0 Å². The maximum absolute atomic E-state index is 12.1. The molecule has 1 aromatic rings. The molecule has 1 amide bonds. The number of nitrogens with one attached hydrogen (secondary N) is 2. The number of carbonyl (C=O) groups excluding carboxylic acids is 1. The first-order valence-corrected chi connectivity index (χ1v) is 9.39. The van der Waals surface area contributed by atoms with Gasteiger partial charge in [-0.15, -0.1) is 11.8 Å². The molecule has 128 valence electrons. The van der Waals surface area contributed by atoms with Crippen molar-refractivity contribution in [3.8, 4) is 0 Å². The molecule has 0 aromatic heterocycles. The topological polar surface area (TPSA) is 50.4 Å². The highest BCUT2D eigenvalue weighted by atomic mass is 32.2. The second-order valence-electron chi connectivity index (χ2n) is 6.10. The highest BCUT2D eigenvalue weighted by Gasteiger charge is 2.16. The van der Waals surface area contributed by atoms with Gasteiger partial charge in [0.05, 0.1) is 12.6 Å². The summed E-state index contributed by atoms with van der Waals surface area (Å²) < 4.78 is 5.06. The lowest BCUT2D eigenvalue weighted by Gasteiger charge is -2.16. The predicted octanol–water partition coefficient (Wildman–Crippen LogP) is 2.99. The molecule has 1 saturated heterocycles. The van der Waals surface area contributed by atoms with Crippen LogP contribution in [0.3, 0.4) is 0 Å². The zero-order valence-electron chi connectivity index (χ0n) is 14.1. The van der Waals surface area contributed by atoms with Crippen LogP contribution in [0.1, 0.15) is 37.8 Å². The summed E-state index contributed by atoms with van der Waals surface area (Å²) >= 11 is 1.78. The number of methoxy groups -OCH3 is 1. The predicted molar refractivity (Wildman–Crippen MR) is 95.8 cm³/mol. The summed E-state index contributed by atoms with van der Waals surface area (Å²) in [7, 11) is 1.72. The Morgan fingerprint density at radius 1 is 1.43 bits per heavy atom. The van der Waals surface area contributed by atoms with Gasteiger partial charge < -0.3 is 15.4 Å². The number of amides is 1. The number of rotatable bonds is 9. The van der Waals surface area contributed by atoms with E-state index >= 15 is 0 Å². The van der Waals surface area contributed by atoms with E-state index in [4.69, 9.17) is 4.74 Å². The Hall–Kier alpha value is -1.04. The van der Waals surface area contributed by atoms with Gasteiger partial charge in [0.1, 0.15) is 0 Å². The van der Waals surface area contributed by atoms with Gasteiger partial charge in [-0.05, 0) is 56.5 Å². The smallest absolute Gasteiger partial charge is 0.220 e. The zero-order chi connectivity index (χ0) is 16.5. The summed E-state index contributed by atoms with van der Waals surface area (Å²) in [6, 6.07) is 8.48. The first-order valence-electron chi connectivity index (χ1n) is 8.41. The molecule has 0 spiro atoms. The molecule has 1 aromatic carbocycles. The van der Waals surface area contributed by atoms with E-state index in [-0.39, 0.29) is 11.9 Å². The van der Waals surface area contributed by atoms with Crippen molar-refractivity contribution in [2.75, 3.05) is 32.6 Å². The summed E-state index contributed by atoms with van der Waals surface area (Å²) in [6.07, 6.45) is 2.81. The standard InChI is InChI=1S/C18H28N2O2S/c1-14(20-18(21)8-3-15-9-10-19-13-15)16-4-6-17(7-5-16)23-12-11-22-2/h4-7,14-15,19H,3,8-13H2,1-2H3,(H,20,21). The Morgan fingerprint density at radius 3 is 2.87 bits per heavy atom. The van der Waals surface area contributed by atoms with Gasteiger partial charge in [-0.3, -0.25) is 4.79 Å². The van der Waals surface area contributed by atoms with Crippen molar-refractivity contribution in [1.29, 1.82) is 0 Å². The van der Waals surface area contributed by atoms with E-state index in [0.29, 0.717) is 12.3 Å². The van der Waals surface area contributed by atoms with Gasteiger partial charge in [0.15, 0.2) is 0 Å². The third kappa shape index (κ3) is 6.53. The van der Waals surface area contributed by atoms with E-state index in [2.05, 4.69) is 34.9 Å². The Bertz CT molecular complexity index is 472. The molecule has 0 aliphatic carbocycles. The molecular formula is C18H28N2O2S. The quantitative estimate of drug-likeness (QED) is 0.538. The SMILES string of the molecule is COCCSc1ccc(C(C)NC(=O)CCC2CCNC2)cc1. The van der Waals surface area contributed by atoms with Gasteiger partial charge >= 0.3 is 0 Å². The lowest BCUT2D eigenvalue weighted by atomic mass is 10.0. The van der Waals surface area contributed by atoms with Crippen molar-refractivity contribution < 1.29 is 9.53 Å². The molecule has 1 fully saturated rings. The second kappa shape index (κ2) is 9.96. The number of benzene rings is 1. The first kappa shape index (κ1) is 18.3. The van der Waals surface area contributed by atoms with Crippen molar-refractivity contribution in [1.82, 2.24) is 10.6 Å². The van der Waals surface area contributed by atoms with Crippen LogP contribution in [0, 0.1) is 5.92 Å². The van der Waals surface area contributed by atoms with Gasteiger partial charge in [-0.2, -0.15) is 0 Å². The Labute approximate surface area is 143 Å². The van der Waals surface area contributed by atoms with Crippen molar-refractivity contribution in [2.45, 2.75) is 37.1 Å². The number of hydrogen-bond donors (Lipinski definition) is 2. The average Bonchev–Trinajstić information content (AvgIpc) is 3.07. The molecule has 2 N–H and O–H groups in total. The van der Waals surface area contributed by atoms with Crippen LogP contribution >= 0.6 is 11.8 Å². The minimum atomic E-state index is 0.0576. The van der Waals surface area contributed by atoms with Crippen LogP contribution in [0.4, 0.5) is 0 Å². The number of hydrogen-bond acceptors (Lipinski definition) is 4. The van der Waals surface area contributed by atoms with Gasteiger partial charge in [0, 0.05) is 24.2 Å². The average molecular weight is 337 g/mol. The molecule has 2 atom stereocenters. The fourth-order valence-corrected chi connectivity index (χ4v) is 3.60. The van der Waals surface area contributed by atoms with E-state index in [9.17, 15) is 4.79 Å². The first-order chi connectivity index (χ1) is 11.2. The minimum absolute atomic E-state index is 0.0576. The Balaban J connectivity index is 1.73.